The van der Waals surface area contributed by atoms with Crippen LogP contribution in [0.5, 0.6) is 5.75 Å². The molecule has 3 N–H and O–H groups in total. The van der Waals surface area contributed by atoms with Crippen molar-refractivity contribution in [1.82, 2.24) is 14.9 Å². The molecule has 0 atom stereocenters. The molecule has 6 heteroatoms. The number of nitrogens with one attached hydrogen (secondary N) is 2. The van der Waals surface area contributed by atoms with Gasteiger partial charge in [0.05, 0.1) is 19.4 Å². The minimum Gasteiger partial charge on any atom is -0.497 e. The average Bonchev–Trinajstić information content (AvgIpc) is 2.96. The molecular formula is C19H24N4O2. The van der Waals surface area contributed by atoms with Crippen LogP contribution in [-0.2, 0) is 7.05 Å². The molecular weight excluding hydrogens is 316 g/mol. The summed E-state index contributed by atoms with van der Waals surface area (Å²) in [7, 11) is 3.56. The zero-order chi connectivity index (χ0) is 18.2. The fourth-order valence-electron chi connectivity index (χ4n) is 2.51. The van der Waals surface area contributed by atoms with E-state index in [4.69, 9.17) is 21.3 Å². The number of rotatable bonds is 9. The number of benzene rings is 1. The number of aromatic nitrogens is 2. The molecule has 0 bridgehead atoms. The van der Waals surface area contributed by atoms with E-state index in [9.17, 15) is 0 Å². The molecule has 0 amide bonds. The lowest BCUT2D eigenvalue weighted by atomic mass is 10.2. The van der Waals surface area contributed by atoms with Gasteiger partial charge in [-0.1, -0.05) is 24.6 Å². The van der Waals surface area contributed by atoms with Gasteiger partial charge in [-0.05, 0) is 18.6 Å². The highest BCUT2D eigenvalue weighted by Gasteiger charge is 2.18. The van der Waals surface area contributed by atoms with Crippen LogP contribution in [0.15, 0.2) is 30.8 Å². The molecule has 25 heavy (non-hydrogen) atoms. The van der Waals surface area contributed by atoms with Crippen LogP contribution in [0.1, 0.15) is 12.1 Å². The molecule has 1 aromatic carbocycles. The van der Waals surface area contributed by atoms with Crippen molar-refractivity contribution in [3.63, 3.8) is 0 Å². The predicted molar refractivity (Wildman–Crippen MR) is 101 cm³/mol. The minimum atomic E-state index is 0.119. The molecule has 0 spiro atoms. The number of methoxy groups -OCH3 is 1. The van der Waals surface area contributed by atoms with Crippen LogP contribution in [0.3, 0.4) is 0 Å². The standard InChI is InChI=1S/C19H24N4O2/c1-5-10-20-14(2)17-18(21-11-7-12-24)22-19(23(17)3)15-8-6-9-16(13-15)25-4/h1,6,8-9,13,20-21,24H,2,7,10-12H2,3-4H3. The van der Waals surface area contributed by atoms with Crippen LogP contribution in [0, 0.1) is 12.3 Å². The van der Waals surface area contributed by atoms with Crippen LogP contribution in [-0.4, -0.2) is 41.5 Å². The lowest BCUT2D eigenvalue weighted by Gasteiger charge is -2.12. The zero-order valence-electron chi connectivity index (χ0n) is 14.7. The number of aliphatic hydroxyl groups is 1. The van der Waals surface area contributed by atoms with Gasteiger partial charge in [0.1, 0.15) is 17.3 Å². The summed E-state index contributed by atoms with van der Waals surface area (Å²) in [4.78, 5) is 4.72. The number of nitrogens with zero attached hydrogens (tertiary/aromatic N) is 2. The van der Waals surface area contributed by atoms with E-state index in [-0.39, 0.29) is 6.61 Å². The Morgan fingerprint density at radius 3 is 2.96 bits per heavy atom. The first-order chi connectivity index (χ1) is 12.1. The normalized spacial score (nSPS) is 10.2. The van der Waals surface area contributed by atoms with E-state index in [1.165, 1.54) is 0 Å². The molecule has 0 saturated heterocycles. The molecule has 0 unspecified atom stereocenters. The van der Waals surface area contributed by atoms with E-state index < -0.39 is 0 Å². The molecule has 0 radical (unpaired) electrons. The van der Waals surface area contributed by atoms with Crippen LogP contribution < -0.4 is 15.4 Å². The Morgan fingerprint density at radius 2 is 2.28 bits per heavy atom. The summed E-state index contributed by atoms with van der Waals surface area (Å²) in [5.41, 5.74) is 2.45. The Hall–Kier alpha value is -2.91. The summed E-state index contributed by atoms with van der Waals surface area (Å²) in [6.45, 7) is 5.19. The van der Waals surface area contributed by atoms with Gasteiger partial charge >= 0.3 is 0 Å². The third kappa shape index (κ3) is 4.34. The number of aliphatic hydroxyl groups excluding tert-OH is 1. The van der Waals surface area contributed by atoms with Gasteiger partial charge in [0.15, 0.2) is 5.82 Å². The number of hydrogen-bond donors (Lipinski definition) is 3. The zero-order valence-corrected chi connectivity index (χ0v) is 14.7. The van der Waals surface area contributed by atoms with Gasteiger partial charge in [-0.25, -0.2) is 4.98 Å². The number of imidazole rings is 1. The van der Waals surface area contributed by atoms with Crippen molar-refractivity contribution in [2.75, 3.05) is 32.1 Å². The highest BCUT2D eigenvalue weighted by Crippen LogP contribution is 2.29. The molecule has 1 heterocycles. The average molecular weight is 340 g/mol. The van der Waals surface area contributed by atoms with Gasteiger partial charge in [0, 0.05) is 25.8 Å². The lowest BCUT2D eigenvalue weighted by Crippen LogP contribution is -2.15. The van der Waals surface area contributed by atoms with Crippen molar-refractivity contribution in [3.05, 3.63) is 36.5 Å². The molecule has 2 rings (SSSR count). The van der Waals surface area contributed by atoms with Crippen molar-refractivity contribution in [2.45, 2.75) is 6.42 Å². The van der Waals surface area contributed by atoms with Crippen LogP contribution in [0.4, 0.5) is 5.82 Å². The second-order valence-electron chi connectivity index (χ2n) is 5.46. The predicted octanol–water partition coefficient (Wildman–Crippen LogP) is 2.08. The first kappa shape index (κ1) is 18.4. The summed E-state index contributed by atoms with van der Waals surface area (Å²) >= 11 is 0. The van der Waals surface area contributed by atoms with Gasteiger partial charge < -0.3 is 25.0 Å². The molecule has 0 aliphatic heterocycles. The van der Waals surface area contributed by atoms with Crippen molar-refractivity contribution < 1.29 is 9.84 Å². The quantitative estimate of drug-likeness (QED) is 0.482. The smallest absolute Gasteiger partial charge is 0.154 e. The van der Waals surface area contributed by atoms with Crippen molar-refractivity contribution in [3.8, 4) is 29.5 Å². The monoisotopic (exact) mass is 340 g/mol. The van der Waals surface area contributed by atoms with E-state index >= 15 is 0 Å². The maximum absolute atomic E-state index is 9.00. The molecule has 0 saturated carbocycles. The van der Waals surface area contributed by atoms with Gasteiger partial charge in [0.2, 0.25) is 0 Å². The van der Waals surface area contributed by atoms with Crippen molar-refractivity contribution >= 4 is 11.5 Å². The van der Waals surface area contributed by atoms with Gasteiger partial charge in [-0.2, -0.15) is 0 Å². The first-order valence-corrected chi connectivity index (χ1v) is 8.04. The molecule has 132 valence electrons. The topological polar surface area (TPSA) is 71.3 Å². The maximum atomic E-state index is 9.00. The molecule has 1 aromatic heterocycles. The van der Waals surface area contributed by atoms with E-state index in [1.807, 2.05) is 35.9 Å². The summed E-state index contributed by atoms with van der Waals surface area (Å²) in [6, 6.07) is 7.72. The third-order valence-electron chi connectivity index (χ3n) is 3.74. The van der Waals surface area contributed by atoms with Gasteiger partial charge in [0.25, 0.3) is 0 Å². The number of anilines is 1. The maximum Gasteiger partial charge on any atom is 0.154 e. The number of terminal acetylenes is 1. The fourth-order valence-corrected chi connectivity index (χ4v) is 2.51. The Morgan fingerprint density at radius 1 is 1.48 bits per heavy atom. The van der Waals surface area contributed by atoms with Crippen molar-refractivity contribution in [2.24, 2.45) is 7.05 Å². The van der Waals surface area contributed by atoms with E-state index in [0.717, 1.165) is 22.8 Å². The Labute approximate surface area is 148 Å². The summed E-state index contributed by atoms with van der Waals surface area (Å²) in [5.74, 6) is 4.79. The summed E-state index contributed by atoms with van der Waals surface area (Å²) in [5, 5.41) is 15.4. The molecule has 2 aromatic rings. The first-order valence-electron chi connectivity index (χ1n) is 8.04. The van der Waals surface area contributed by atoms with Crippen LogP contribution in [0.25, 0.3) is 17.1 Å². The second-order valence-corrected chi connectivity index (χ2v) is 5.46. The second kappa shape index (κ2) is 8.81. The fraction of sp³-hybridized carbons (Fsp3) is 0.316. The Kier molecular flexibility index (Phi) is 6.49. The SMILES string of the molecule is C#CCNC(=C)c1c(NCCCO)nc(-c2cccc(OC)c2)n1C. The molecule has 0 aliphatic carbocycles. The minimum absolute atomic E-state index is 0.119. The molecule has 6 nitrogen and oxygen atoms in total. The number of hydrogen-bond acceptors (Lipinski definition) is 5. The summed E-state index contributed by atoms with van der Waals surface area (Å²) < 4.78 is 7.26. The molecule has 0 fully saturated rings. The van der Waals surface area contributed by atoms with E-state index in [2.05, 4.69) is 23.1 Å². The summed E-state index contributed by atoms with van der Waals surface area (Å²) in [6.07, 6.45) is 5.96. The Balaban J connectivity index is 2.43. The van der Waals surface area contributed by atoms with Gasteiger partial charge in [-0.15, -0.1) is 6.42 Å². The van der Waals surface area contributed by atoms with Crippen LogP contribution in [0.2, 0.25) is 0 Å². The third-order valence-corrected chi connectivity index (χ3v) is 3.74. The van der Waals surface area contributed by atoms with Crippen molar-refractivity contribution in [1.29, 1.82) is 0 Å². The molecule has 0 aliphatic rings. The van der Waals surface area contributed by atoms with E-state index in [0.29, 0.717) is 31.0 Å². The largest absolute Gasteiger partial charge is 0.497 e. The van der Waals surface area contributed by atoms with Crippen LogP contribution >= 0.6 is 0 Å². The number of ether oxygens (including phenoxy) is 1. The highest BCUT2D eigenvalue weighted by atomic mass is 16.5. The van der Waals surface area contributed by atoms with Gasteiger partial charge in [-0.3, -0.25) is 0 Å². The van der Waals surface area contributed by atoms with E-state index in [1.54, 1.807) is 7.11 Å². The lowest BCUT2D eigenvalue weighted by molar-refractivity contribution is 0.292. The highest BCUT2D eigenvalue weighted by molar-refractivity contribution is 5.74. The Bertz CT molecular complexity index is 774.